The van der Waals surface area contributed by atoms with Crippen LogP contribution in [0.1, 0.15) is 11.3 Å². The number of fused-ring (bicyclic) bond motifs is 1. The van der Waals surface area contributed by atoms with Crippen molar-refractivity contribution in [3.63, 3.8) is 0 Å². The fourth-order valence-corrected chi connectivity index (χ4v) is 4.15. The van der Waals surface area contributed by atoms with Gasteiger partial charge in [0.1, 0.15) is 17.5 Å². The molecule has 1 atom stereocenters. The molecule has 0 unspecified atom stereocenters. The summed E-state index contributed by atoms with van der Waals surface area (Å²) in [5.41, 5.74) is 0.752. The van der Waals surface area contributed by atoms with E-state index in [4.69, 9.17) is 4.74 Å². The summed E-state index contributed by atoms with van der Waals surface area (Å²) in [6, 6.07) is 13.6. The lowest BCUT2D eigenvalue weighted by molar-refractivity contribution is -0.124. The Bertz CT molecular complexity index is 1450. The fraction of sp³-hybridized carbons (Fsp3) is 0.130. The number of benzene rings is 2. The van der Waals surface area contributed by atoms with Gasteiger partial charge in [0.15, 0.2) is 11.4 Å². The summed E-state index contributed by atoms with van der Waals surface area (Å²) in [4.78, 5) is 25.1. The maximum atomic E-state index is 13.0. The van der Waals surface area contributed by atoms with Crippen molar-refractivity contribution in [3.8, 4) is 28.8 Å². The highest BCUT2D eigenvalue weighted by Gasteiger charge is 2.48. The van der Waals surface area contributed by atoms with Crippen molar-refractivity contribution in [2.75, 3.05) is 7.11 Å². The summed E-state index contributed by atoms with van der Waals surface area (Å²) < 4.78 is 6.75. The number of nitrogens with zero attached hydrogens (tertiary/aromatic N) is 3. The number of ether oxygens (including phenoxy) is 1. The third kappa shape index (κ3) is 3.14. The molecule has 2 aromatic carbocycles. The molecule has 1 aliphatic rings. The smallest absolute Gasteiger partial charge is 0.322 e. The molecule has 0 spiro atoms. The van der Waals surface area contributed by atoms with E-state index in [0.29, 0.717) is 28.0 Å². The van der Waals surface area contributed by atoms with E-state index in [-0.39, 0.29) is 12.4 Å². The molecule has 5 rings (SSSR count). The number of rotatable bonds is 5. The molecule has 33 heavy (non-hydrogen) atoms. The van der Waals surface area contributed by atoms with Gasteiger partial charge in [-0.3, -0.25) is 15.2 Å². The first kappa shape index (κ1) is 20.1. The van der Waals surface area contributed by atoms with E-state index in [9.17, 15) is 20.0 Å². The molecule has 3 heterocycles. The Labute approximate surface area is 187 Å². The molecule has 0 saturated carbocycles. The molecule has 164 valence electrons. The summed E-state index contributed by atoms with van der Waals surface area (Å²) in [7, 11) is 1.54. The van der Waals surface area contributed by atoms with Gasteiger partial charge in [0.25, 0.3) is 5.91 Å². The highest BCUT2D eigenvalue weighted by atomic mass is 16.5. The van der Waals surface area contributed by atoms with Crippen LogP contribution in [0.2, 0.25) is 0 Å². The van der Waals surface area contributed by atoms with Crippen LogP contribution in [0.3, 0.4) is 0 Å². The summed E-state index contributed by atoms with van der Waals surface area (Å²) in [5, 5.41) is 32.9. The van der Waals surface area contributed by atoms with Crippen LogP contribution in [-0.4, -0.2) is 38.9 Å². The molecule has 3 amide bonds. The summed E-state index contributed by atoms with van der Waals surface area (Å²) >= 11 is 0. The van der Waals surface area contributed by atoms with Gasteiger partial charge in [-0.2, -0.15) is 10.4 Å². The van der Waals surface area contributed by atoms with Gasteiger partial charge in [0, 0.05) is 22.5 Å². The second-order valence-corrected chi connectivity index (χ2v) is 7.70. The van der Waals surface area contributed by atoms with Crippen LogP contribution >= 0.6 is 0 Å². The van der Waals surface area contributed by atoms with Gasteiger partial charge in [0.2, 0.25) is 0 Å². The highest BCUT2D eigenvalue weighted by Crippen LogP contribution is 2.35. The Morgan fingerprint density at radius 2 is 2.00 bits per heavy atom. The normalized spacial score (nSPS) is 17.6. The summed E-state index contributed by atoms with van der Waals surface area (Å²) in [6.07, 6.45) is 3.26. The number of carbonyl (C=O) groups excluding carboxylic acids is 2. The largest absolute Gasteiger partial charge is 0.497 e. The average molecular weight is 442 g/mol. The number of methoxy groups -OCH3 is 1. The van der Waals surface area contributed by atoms with E-state index < -0.39 is 17.5 Å². The molecule has 10 nitrogen and oxygen atoms in total. The number of imide groups is 1. The van der Waals surface area contributed by atoms with Gasteiger partial charge in [0.05, 0.1) is 19.9 Å². The van der Waals surface area contributed by atoms with Crippen LogP contribution < -0.4 is 15.4 Å². The summed E-state index contributed by atoms with van der Waals surface area (Å²) in [5.74, 6) is 0.00524. The monoisotopic (exact) mass is 442 g/mol. The Balaban J connectivity index is 1.57. The van der Waals surface area contributed by atoms with Gasteiger partial charge < -0.3 is 19.7 Å². The van der Waals surface area contributed by atoms with Crippen LogP contribution in [0.4, 0.5) is 4.79 Å². The Hall–Kier alpha value is -4.78. The number of carbonyl (C=O) groups is 2. The van der Waals surface area contributed by atoms with Crippen molar-refractivity contribution in [2.45, 2.75) is 12.1 Å². The minimum absolute atomic E-state index is 0.0398. The number of H-pyrrole nitrogens is 1. The van der Waals surface area contributed by atoms with Crippen molar-refractivity contribution in [2.24, 2.45) is 0 Å². The molecule has 1 aliphatic heterocycles. The maximum Gasteiger partial charge on any atom is 0.322 e. The topological polar surface area (TPSA) is 145 Å². The van der Waals surface area contributed by atoms with E-state index in [1.807, 2.05) is 6.07 Å². The van der Waals surface area contributed by atoms with E-state index in [1.54, 1.807) is 54.9 Å². The van der Waals surface area contributed by atoms with E-state index in [0.717, 1.165) is 10.9 Å². The number of aromatic hydroxyl groups is 1. The molecule has 0 aliphatic carbocycles. The fourth-order valence-electron chi connectivity index (χ4n) is 4.15. The second kappa shape index (κ2) is 7.42. The van der Waals surface area contributed by atoms with Crippen LogP contribution in [0.5, 0.6) is 11.6 Å². The van der Waals surface area contributed by atoms with Crippen molar-refractivity contribution >= 4 is 22.7 Å². The number of amides is 3. The maximum absolute atomic E-state index is 13.0. The van der Waals surface area contributed by atoms with Gasteiger partial charge in [-0.1, -0.05) is 24.3 Å². The Morgan fingerprint density at radius 3 is 2.67 bits per heavy atom. The molecule has 0 radical (unpaired) electrons. The number of hydrogen-bond donors (Lipinski definition) is 4. The molecule has 1 saturated heterocycles. The predicted molar refractivity (Wildman–Crippen MR) is 117 cm³/mol. The van der Waals surface area contributed by atoms with Crippen LogP contribution in [-0.2, 0) is 16.9 Å². The molecule has 1 fully saturated rings. The number of aromatic nitrogens is 3. The molecule has 4 aromatic rings. The van der Waals surface area contributed by atoms with Gasteiger partial charge in [-0.05, 0) is 29.3 Å². The molecular weight excluding hydrogens is 424 g/mol. The third-order valence-electron chi connectivity index (χ3n) is 5.86. The van der Waals surface area contributed by atoms with Crippen molar-refractivity contribution < 1.29 is 19.4 Å². The minimum atomic E-state index is -1.44. The van der Waals surface area contributed by atoms with Crippen LogP contribution in [0, 0.1) is 11.3 Å². The minimum Gasteiger partial charge on any atom is -0.497 e. The zero-order chi connectivity index (χ0) is 23.2. The first-order valence-corrected chi connectivity index (χ1v) is 9.99. The zero-order valence-electron chi connectivity index (χ0n) is 17.4. The Morgan fingerprint density at radius 1 is 1.21 bits per heavy atom. The van der Waals surface area contributed by atoms with E-state index >= 15 is 0 Å². The Kier molecular flexibility index (Phi) is 4.53. The third-order valence-corrected chi connectivity index (χ3v) is 5.86. The molecule has 4 N–H and O–H groups in total. The van der Waals surface area contributed by atoms with Crippen LogP contribution in [0.25, 0.3) is 21.9 Å². The first-order chi connectivity index (χ1) is 15.9. The number of hydrogen-bond acceptors (Lipinski definition) is 6. The lowest BCUT2D eigenvalue weighted by Crippen LogP contribution is -2.47. The van der Waals surface area contributed by atoms with Gasteiger partial charge in [-0.25, -0.2) is 4.79 Å². The van der Waals surface area contributed by atoms with Gasteiger partial charge in [-0.15, -0.1) is 0 Å². The number of nitrogens with one attached hydrogen (secondary N) is 3. The zero-order valence-corrected chi connectivity index (χ0v) is 17.4. The SMILES string of the molecule is COc1ccc2cn(C[C@@]3(c4ccc(-c5cn[nH]c5C#N)cc4)NC(=O)NC3=O)c(O)c2c1. The van der Waals surface area contributed by atoms with Crippen molar-refractivity contribution in [1.29, 1.82) is 5.26 Å². The quantitative estimate of drug-likeness (QED) is 0.349. The van der Waals surface area contributed by atoms with Gasteiger partial charge >= 0.3 is 6.03 Å². The van der Waals surface area contributed by atoms with Crippen LogP contribution in [0.15, 0.2) is 54.9 Å². The molecule has 2 aromatic heterocycles. The van der Waals surface area contributed by atoms with E-state index in [2.05, 4.69) is 20.8 Å². The predicted octanol–water partition coefficient (Wildman–Crippen LogP) is 2.35. The highest BCUT2D eigenvalue weighted by molar-refractivity contribution is 6.07. The number of nitriles is 1. The molecule has 0 bridgehead atoms. The second-order valence-electron chi connectivity index (χ2n) is 7.70. The standard InChI is InChI=1S/C23H18N6O4/c1-33-16-7-4-14-11-29(20(30)17(14)8-16)12-23(21(31)26-22(32)27-23)15-5-2-13(3-6-15)18-10-25-28-19(18)9-24/h2-8,10-11,30H,12H2,1H3,(H,25,28)(H2,26,27,31,32)/t23-/m0/s1. The lowest BCUT2D eigenvalue weighted by Gasteiger charge is -2.27. The summed E-state index contributed by atoms with van der Waals surface area (Å²) in [6.45, 7) is -0.0398. The molecular formula is C23H18N6O4. The number of aromatic amines is 1. The number of urea groups is 1. The van der Waals surface area contributed by atoms with Crippen molar-refractivity contribution in [3.05, 3.63) is 66.1 Å². The van der Waals surface area contributed by atoms with E-state index in [1.165, 1.54) is 11.7 Å². The first-order valence-electron chi connectivity index (χ1n) is 9.99. The molecule has 10 heteroatoms. The average Bonchev–Trinajstić information content (AvgIpc) is 3.50. The van der Waals surface area contributed by atoms with Crippen molar-refractivity contribution in [1.82, 2.24) is 25.4 Å². The lowest BCUT2D eigenvalue weighted by atomic mass is 9.88.